The van der Waals surface area contributed by atoms with Gasteiger partial charge in [0.2, 0.25) is 11.9 Å². The maximum Gasteiger partial charge on any atom is 0.416 e. The molecule has 0 fully saturated rings. The van der Waals surface area contributed by atoms with E-state index in [0.717, 1.165) is 12.1 Å². The molecule has 8 nitrogen and oxygen atoms in total. The van der Waals surface area contributed by atoms with Crippen LogP contribution in [0.1, 0.15) is 17.5 Å². The number of halogens is 3. The minimum Gasteiger partial charge on any atom is -0.368 e. The second kappa shape index (κ2) is 8.66. The summed E-state index contributed by atoms with van der Waals surface area (Å²) < 4.78 is 49.7. The zero-order valence-electron chi connectivity index (χ0n) is 14.5. The summed E-state index contributed by atoms with van der Waals surface area (Å²) in [5.41, 5.74) is 4.60. The van der Waals surface area contributed by atoms with Crippen LogP contribution in [0.25, 0.3) is 0 Å². The number of nitrogen functional groups attached to an aromatic ring is 1. The summed E-state index contributed by atoms with van der Waals surface area (Å²) in [7, 11) is -1.58. The van der Waals surface area contributed by atoms with Crippen LogP contribution in [0.4, 0.5) is 30.6 Å². The van der Waals surface area contributed by atoms with Crippen molar-refractivity contribution in [3.05, 3.63) is 35.4 Å². The molecule has 0 bridgehead atoms. The standard InChI is InChI=1S/C16H15F3N6O2S/c1-28(27)14-11(8-20)13(24-15(21)25-14)22-6-5-12(26)23-10-4-2-3-9(7-10)16(17,18)19/h2-4,7H,5-6H2,1H3,(H,23,26)(H3,21,22,24,25). The minimum absolute atomic E-state index is 0.00567. The van der Waals surface area contributed by atoms with Crippen molar-refractivity contribution in [2.45, 2.75) is 17.6 Å². The van der Waals surface area contributed by atoms with Crippen LogP contribution >= 0.6 is 0 Å². The molecule has 2 rings (SSSR count). The number of anilines is 3. The summed E-state index contributed by atoms with van der Waals surface area (Å²) in [6.07, 6.45) is -3.32. The number of benzene rings is 1. The second-order valence-corrected chi connectivity index (χ2v) is 6.77. The van der Waals surface area contributed by atoms with Crippen LogP contribution in [-0.2, 0) is 21.8 Å². The topological polar surface area (TPSA) is 134 Å². The van der Waals surface area contributed by atoms with E-state index < -0.39 is 28.4 Å². The fraction of sp³-hybridized carbons (Fsp3) is 0.250. The van der Waals surface area contributed by atoms with Crippen molar-refractivity contribution in [2.75, 3.05) is 29.2 Å². The molecule has 1 aromatic carbocycles. The van der Waals surface area contributed by atoms with Gasteiger partial charge in [-0.2, -0.15) is 23.4 Å². The monoisotopic (exact) mass is 412 g/mol. The van der Waals surface area contributed by atoms with Gasteiger partial charge in [-0.1, -0.05) is 6.07 Å². The van der Waals surface area contributed by atoms with Crippen molar-refractivity contribution in [2.24, 2.45) is 0 Å². The number of carbonyl (C=O) groups excluding carboxylic acids is 1. The van der Waals surface area contributed by atoms with Gasteiger partial charge in [-0.05, 0) is 18.2 Å². The van der Waals surface area contributed by atoms with Gasteiger partial charge in [0.15, 0.2) is 10.8 Å². The molecule has 0 aliphatic heterocycles. The third-order valence-corrected chi connectivity index (χ3v) is 4.24. The Hall–Kier alpha value is -3.20. The Balaban J connectivity index is 2.02. The third-order valence-electron chi connectivity index (χ3n) is 3.40. The fourth-order valence-electron chi connectivity index (χ4n) is 2.18. The van der Waals surface area contributed by atoms with E-state index in [4.69, 9.17) is 5.73 Å². The SMILES string of the molecule is CS(=O)c1nc(N)nc(NCCC(=O)Nc2cccc(C(F)(F)F)c2)c1C#N. The van der Waals surface area contributed by atoms with Crippen molar-refractivity contribution in [3.63, 3.8) is 0 Å². The molecule has 4 N–H and O–H groups in total. The molecule has 1 aromatic heterocycles. The molecular weight excluding hydrogens is 397 g/mol. The summed E-state index contributed by atoms with van der Waals surface area (Å²) in [6, 6.07) is 6.07. The summed E-state index contributed by atoms with van der Waals surface area (Å²) in [4.78, 5) is 19.6. The van der Waals surface area contributed by atoms with Crippen LogP contribution in [-0.4, -0.2) is 32.9 Å². The minimum atomic E-state index is -4.51. The van der Waals surface area contributed by atoms with E-state index in [1.807, 2.05) is 6.07 Å². The molecule has 0 aliphatic carbocycles. The maximum atomic E-state index is 12.7. The lowest BCUT2D eigenvalue weighted by molar-refractivity contribution is -0.137. The number of amides is 1. The van der Waals surface area contributed by atoms with Gasteiger partial charge in [-0.25, -0.2) is 4.98 Å². The molecule has 0 saturated heterocycles. The van der Waals surface area contributed by atoms with E-state index in [0.29, 0.717) is 0 Å². The number of nitrogens with one attached hydrogen (secondary N) is 2. The smallest absolute Gasteiger partial charge is 0.368 e. The molecule has 0 aliphatic rings. The van der Waals surface area contributed by atoms with Crippen LogP contribution in [0.15, 0.2) is 29.3 Å². The molecule has 0 radical (unpaired) electrons. The number of nitrogens with zero attached hydrogens (tertiary/aromatic N) is 3. The van der Waals surface area contributed by atoms with E-state index in [1.165, 1.54) is 18.4 Å². The lowest BCUT2D eigenvalue weighted by Gasteiger charge is -2.11. The molecule has 1 heterocycles. The van der Waals surface area contributed by atoms with Gasteiger partial charge in [-0.3, -0.25) is 9.00 Å². The van der Waals surface area contributed by atoms with Crippen LogP contribution in [0.3, 0.4) is 0 Å². The maximum absolute atomic E-state index is 12.7. The molecule has 2 aromatic rings. The number of carbonyl (C=O) groups is 1. The first-order chi connectivity index (χ1) is 13.1. The highest BCUT2D eigenvalue weighted by molar-refractivity contribution is 7.84. The Morgan fingerprint density at radius 1 is 1.36 bits per heavy atom. The summed E-state index contributed by atoms with van der Waals surface area (Å²) >= 11 is 0. The van der Waals surface area contributed by atoms with Gasteiger partial charge < -0.3 is 16.4 Å². The summed E-state index contributed by atoms with van der Waals surface area (Å²) in [5.74, 6) is -0.723. The van der Waals surface area contributed by atoms with Crippen molar-refractivity contribution in [1.82, 2.24) is 9.97 Å². The lowest BCUT2D eigenvalue weighted by Crippen LogP contribution is -2.18. The third kappa shape index (κ3) is 5.40. The van der Waals surface area contributed by atoms with Gasteiger partial charge in [0.25, 0.3) is 0 Å². The second-order valence-electron chi connectivity index (χ2n) is 5.48. The molecule has 1 amide bonds. The normalized spacial score (nSPS) is 12.1. The Bertz CT molecular complexity index is 958. The van der Waals surface area contributed by atoms with Crippen LogP contribution in [0.5, 0.6) is 0 Å². The van der Waals surface area contributed by atoms with Gasteiger partial charge in [0.1, 0.15) is 11.6 Å². The van der Waals surface area contributed by atoms with E-state index >= 15 is 0 Å². The van der Waals surface area contributed by atoms with Gasteiger partial charge >= 0.3 is 6.18 Å². The number of alkyl halides is 3. The van der Waals surface area contributed by atoms with Crippen molar-refractivity contribution in [1.29, 1.82) is 5.26 Å². The highest BCUT2D eigenvalue weighted by Gasteiger charge is 2.30. The molecule has 0 spiro atoms. The van der Waals surface area contributed by atoms with E-state index in [2.05, 4.69) is 20.6 Å². The molecule has 12 heteroatoms. The molecular formula is C16H15F3N6O2S. The highest BCUT2D eigenvalue weighted by Crippen LogP contribution is 2.30. The van der Waals surface area contributed by atoms with Gasteiger partial charge in [0.05, 0.1) is 16.4 Å². The number of nitrogens with two attached hydrogens (primary N) is 1. The predicted molar refractivity (Wildman–Crippen MR) is 96.7 cm³/mol. The average Bonchev–Trinajstić information content (AvgIpc) is 2.60. The Labute approximate surface area is 160 Å². The number of hydrogen-bond donors (Lipinski definition) is 3. The first-order valence-electron chi connectivity index (χ1n) is 7.74. The van der Waals surface area contributed by atoms with Crippen LogP contribution in [0, 0.1) is 11.3 Å². The summed E-state index contributed by atoms with van der Waals surface area (Å²) in [5, 5.41) is 14.3. The van der Waals surface area contributed by atoms with Crippen molar-refractivity contribution >= 4 is 34.2 Å². The summed E-state index contributed by atoms with van der Waals surface area (Å²) in [6.45, 7) is 0.00567. The molecule has 0 saturated carbocycles. The number of rotatable bonds is 6. The Morgan fingerprint density at radius 3 is 2.68 bits per heavy atom. The molecule has 28 heavy (non-hydrogen) atoms. The van der Waals surface area contributed by atoms with Gasteiger partial charge in [0, 0.05) is 24.9 Å². The predicted octanol–water partition coefficient (Wildman–Crippen LogP) is 2.13. The van der Waals surface area contributed by atoms with E-state index in [9.17, 15) is 27.4 Å². The van der Waals surface area contributed by atoms with E-state index in [1.54, 1.807) is 0 Å². The number of aromatic nitrogens is 2. The average molecular weight is 412 g/mol. The van der Waals surface area contributed by atoms with Crippen molar-refractivity contribution < 1.29 is 22.2 Å². The molecule has 148 valence electrons. The molecule has 1 unspecified atom stereocenters. The van der Waals surface area contributed by atoms with E-state index in [-0.39, 0.29) is 41.0 Å². The Kier molecular flexibility index (Phi) is 6.53. The number of nitriles is 1. The zero-order valence-corrected chi connectivity index (χ0v) is 15.3. The number of hydrogen-bond acceptors (Lipinski definition) is 7. The lowest BCUT2D eigenvalue weighted by atomic mass is 10.2. The quantitative estimate of drug-likeness (QED) is 0.619. The Morgan fingerprint density at radius 2 is 2.07 bits per heavy atom. The van der Waals surface area contributed by atoms with Crippen molar-refractivity contribution in [3.8, 4) is 6.07 Å². The molecule has 1 atom stereocenters. The van der Waals surface area contributed by atoms with Gasteiger partial charge in [-0.15, -0.1) is 0 Å². The first-order valence-corrected chi connectivity index (χ1v) is 9.29. The van der Waals surface area contributed by atoms with Crippen LogP contribution in [0.2, 0.25) is 0 Å². The zero-order chi connectivity index (χ0) is 20.9. The highest BCUT2D eigenvalue weighted by atomic mass is 32.2. The van der Waals surface area contributed by atoms with Crippen LogP contribution < -0.4 is 16.4 Å². The fourth-order valence-corrected chi connectivity index (χ4v) is 2.84. The largest absolute Gasteiger partial charge is 0.416 e. The first kappa shape index (κ1) is 21.1.